The first-order valence-corrected chi connectivity index (χ1v) is 7.54. The van der Waals surface area contributed by atoms with E-state index in [1.54, 1.807) is 6.07 Å². The van der Waals surface area contributed by atoms with Gasteiger partial charge < -0.3 is 10.2 Å². The average Bonchev–Trinajstić information content (AvgIpc) is 2.32. The number of halogens is 1. The highest BCUT2D eigenvalue weighted by Gasteiger charge is 2.26. The van der Waals surface area contributed by atoms with Crippen LogP contribution in [0.5, 0.6) is 0 Å². The Bertz CT molecular complexity index is 472. The molecule has 0 radical (unpaired) electrons. The van der Waals surface area contributed by atoms with Gasteiger partial charge in [-0.25, -0.2) is 9.37 Å². The van der Waals surface area contributed by atoms with E-state index in [4.69, 9.17) is 0 Å². The summed E-state index contributed by atoms with van der Waals surface area (Å²) in [5.41, 5.74) is 1.00. The molecule has 1 atom stereocenters. The Morgan fingerprint density at radius 3 is 2.29 bits per heavy atom. The minimum atomic E-state index is -0.290. The van der Waals surface area contributed by atoms with E-state index in [1.807, 2.05) is 7.05 Å². The van der Waals surface area contributed by atoms with E-state index in [0.29, 0.717) is 12.6 Å². The van der Waals surface area contributed by atoms with Gasteiger partial charge in [0.1, 0.15) is 11.6 Å². The lowest BCUT2D eigenvalue weighted by molar-refractivity contribution is 0.327. The molecule has 1 heterocycles. The van der Waals surface area contributed by atoms with Gasteiger partial charge in [-0.1, -0.05) is 20.8 Å². The fourth-order valence-electron chi connectivity index (χ4n) is 2.05. The Morgan fingerprint density at radius 1 is 1.24 bits per heavy atom. The number of hydrogen-bond donors (Lipinski definition) is 1. The number of nitrogens with zero attached hydrogens (tertiary/aromatic N) is 2. The van der Waals surface area contributed by atoms with Gasteiger partial charge in [0.15, 0.2) is 0 Å². The van der Waals surface area contributed by atoms with Crippen molar-refractivity contribution in [3.05, 3.63) is 23.6 Å². The van der Waals surface area contributed by atoms with Crippen LogP contribution in [0.4, 0.5) is 10.2 Å². The lowest BCUT2D eigenvalue weighted by atomic mass is 9.87. The van der Waals surface area contributed by atoms with Crippen molar-refractivity contribution in [1.82, 2.24) is 10.3 Å². The molecule has 0 aliphatic heterocycles. The monoisotopic (exact) mass is 295 g/mol. The Balaban J connectivity index is 3.06. The normalized spacial score (nSPS) is 14.1. The first kappa shape index (κ1) is 17.9. The summed E-state index contributed by atoms with van der Waals surface area (Å²) in [5, 5.41) is 3.40. The van der Waals surface area contributed by atoms with Gasteiger partial charge in [-0.15, -0.1) is 0 Å². The molecule has 0 aliphatic rings. The maximum absolute atomic E-state index is 13.6. The van der Waals surface area contributed by atoms with Gasteiger partial charge in [0, 0.05) is 30.7 Å². The highest BCUT2D eigenvalue weighted by Crippen LogP contribution is 2.28. The second kappa shape index (κ2) is 6.30. The second-order valence-electron chi connectivity index (χ2n) is 7.89. The summed E-state index contributed by atoms with van der Waals surface area (Å²) in [5.74, 6) is 0.553. The molecule has 3 nitrogen and oxygen atoms in total. The highest BCUT2D eigenvalue weighted by molar-refractivity contribution is 5.47. The molecule has 0 aromatic carbocycles. The van der Waals surface area contributed by atoms with Crippen LogP contribution in [0.15, 0.2) is 12.3 Å². The topological polar surface area (TPSA) is 28.2 Å². The predicted molar refractivity (Wildman–Crippen MR) is 88.1 cm³/mol. The first-order valence-electron chi connectivity index (χ1n) is 7.54. The molecule has 1 aromatic rings. The lowest BCUT2D eigenvalue weighted by Gasteiger charge is -2.37. The standard InChI is InChI=1S/C17H30FN3/c1-12(16(2,3)4)21(8)15-13(9-14(18)11-19-15)10-20-17(5,6)7/h9,11-12,20H,10H2,1-8H3. The molecule has 120 valence electrons. The van der Waals surface area contributed by atoms with Crippen molar-refractivity contribution >= 4 is 5.82 Å². The van der Waals surface area contributed by atoms with Crippen LogP contribution in [0.3, 0.4) is 0 Å². The van der Waals surface area contributed by atoms with Gasteiger partial charge in [-0.2, -0.15) is 0 Å². The number of hydrogen-bond acceptors (Lipinski definition) is 3. The smallest absolute Gasteiger partial charge is 0.141 e. The molecule has 4 heteroatoms. The molecule has 1 aromatic heterocycles. The van der Waals surface area contributed by atoms with Crippen molar-refractivity contribution in [3.63, 3.8) is 0 Å². The van der Waals surface area contributed by atoms with E-state index in [2.05, 4.69) is 63.7 Å². The van der Waals surface area contributed by atoms with Gasteiger partial charge in [0.25, 0.3) is 0 Å². The minimum absolute atomic E-state index is 0.0161. The summed E-state index contributed by atoms with van der Waals surface area (Å²) in [7, 11) is 2.02. The summed E-state index contributed by atoms with van der Waals surface area (Å²) < 4.78 is 13.6. The Labute approximate surface area is 129 Å². The molecule has 0 saturated carbocycles. The van der Waals surface area contributed by atoms with Crippen molar-refractivity contribution in [1.29, 1.82) is 0 Å². The third kappa shape index (κ3) is 5.27. The minimum Gasteiger partial charge on any atom is -0.356 e. The third-order valence-electron chi connectivity index (χ3n) is 3.89. The lowest BCUT2D eigenvalue weighted by Crippen LogP contribution is -2.41. The maximum Gasteiger partial charge on any atom is 0.141 e. The molecule has 0 aliphatic carbocycles. The Hall–Kier alpha value is -1.16. The van der Waals surface area contributed by atoms with E-state index < -0.39 is 0 Å². The zero-order chi connectivity index (χ0) is 16.4. The molecule has 1 rings (SSSR count). The van der Waals surface area contributed by atoms with Crippen molar-refractivity contribution in [2.24, 2.45) is 5.41 Å². The van der Waals surface area contributed by atoms with Gasteiger partial charge >= 0.3 is 0 Å². The highest BCUT2D eigenvalue weighted by atomic mass is 19.1. The van der Waals surface area contributed by atoms with Gasteiger partial charge in [-0.3, -0.25) is 0 Å². The number of nitrogens with one attached hydrogen (secondary N) is 1. The fourth-order valence-corrected chi connectivity index (χ4v) is 2.05. The van der Waals surface area contributed by atoms with Crippen molar-refractivity contribution in [2.75, 3.05) is 11.9 Å². The molecular formula is C17H30FN3. The van der Waals surface area contributed by atoms with Gasteiger partial charge in [0.05, 0.1) is 6.20 Å². The number of rotatable bonds is 4. The number of pyridine rings is 1. The summed E-state index contributed by atoms with van der Waals surface area (Å²) >= 11 is 0. The van der Waals surface area contributed by atoms with Crippen molar-refractivity contribution < 1.29 is 4.39 Å². The van der Waals surface area contributed by atoms with Crippen LogP contribution < -0.4 is 10.2 Å². The van der Waals surface area contributed by atoms with E-state index in [0.717, 1.165) is 11.4 Å². The van der Waals surface area contributed by atoms with Crippen LogP contribution in [0, 0.1) is 11.2 Å². The molecule has 1 N–H and O–H groups in total. The van der Waals surface area contributed by atoms with E-state index in [1.165, 1.54) is 6.20 Å². The third-order valence-corrected chi connectivity index (χ3v) is 3.89. The van der Waals surface area contributed by atoms with Crippen LogP contribution in [0.2, 0.25) is 0 Å². The molecule has 0 amide bonds. The molecule has 21 heavy (non-hydrogen) atoms. The van der Waals surface area contributed by atoms with Crippen LogP contribution in [-0.4, -0.2) is 23.6 Å². The van der Waals surface area contributed by atoms with Crippen LogP contribution in [-0.2, 0) is 6.54 Å². The zero-order valence-electron chi connectivity index (χ0n) is 14.7. The Morgan fingerprint density at radius 2 is 1.81 bits per heavy atom. The molecule has 0 fully saturated rings. The number of aromatic nitrogens is 1. The SMILES string of the molecule is CC(N(C)c1ncc(F)cc1CNC(C)(C)C)C(C)(C)C. The van der Waals surface area contributed by atoms with Crippen LogP contribution in [0.1, 0.15) is 54.0 Å². The maximum atomic E-state index is 13.6. The molecular weight excluding hydrogens is 265 g/mol. The molecule has 0 saturated heterocycles. The quantitative estimate of drug-likeness (QED) is 0.910. The van der Waals surface area contributed by atoms with E-state index in [-0.39, 0.29) is 16.8 Å². The van der Waals surface area contributed by atoms with Crippen molar-refractivity contribution in [2.45, 2.75) is 66.6 Å². The van der Waals surface area contributed by atoms with Gasteiger partial charge in [0.2, 0.25) is 0 Å². The Kier molecular flexibility index (Phi) is 5.37. The molecule has 0 bridgehead atoms. The van der Waals surface area contributed by atoms with Crippen LogP contribution in [0.25, 0.3) is 0 Å². The van der Waals surface area contributed by atoms with E-state index in [9.17, 15) is 4.39 Å². The zero-order valence-corrected chi connectivity index (χ0v) is 14.7. The molecule has 0 spiro atoms. The first-order chi connectivity index (χ1) is 9.42. The average molecular weight is 295 g/mol. The number of anilines is 1. The summed E-state index contributed by atoms with van der Waals surface area (Å²) in [6.07, 6.45) is 1.29. The largest absolute Gasteiger partial charge is 0.356 e. The van der Waals surface area contributed by atoms with E-state index >= 15 is 0 Å². The summed E-state index contributed by atoms with van der Waals surface area (Å²) in [4.78, 5) is 6.46. The fraction of sp³-hybridized carbons (Fsp3) is 0.706. The molecule has 1 unspecified atom stereocenters. The van der Waals surface area contributed by atoms with Gasteiger partial charge in [-0.05, 0) is 39.2 Å². The van der Waals surface area contributed by atoms with Crippen molar-refractivity contribution in [3.8, 4) is 0 Å². The summed E-state index contributed by atoms with van der Waals surface area (Å²) in [6, 6.07) is 1.87. The predicted octanol–water partition coefficient (Wildman–Crippen LogP) is 3.98. The van der Waals surface area contributed by atoms with Crippen LogP contribution >= 0.6 is 0 Å². The second-order valence-corrected chi connectivity index (χ2v) is 7.89. The summed E-state index contributed by atoms with van der Waals surface area (Å²) in [6.45, 7) is 15.7.